The number of hydrogen-bond acceptors (Lipinski definition) is 4. The molecule has 0 bridgehead atoms. The van der Waals surface area contributed by atoms with Crippen molar-refractivity contribution in [3.05, 3.63) is 35.9 Å². The molecule has 0 unspecified atom stereocenters. The minimum atomic E-state index is -0.907. The van der Waals surface area contributed by atoms with E-state index in [0.29, 0.717) is 13.2 Å². The maximum absolute atomic E-state index is 12.0. The number of aliphatic carboxylic acids is 1. The first-order chi connectivity index (χ1) is 10.1. The van der Waals surface area contributed by atoms with E-state index in [9.17, 15) is 14.7 Å². The Labute approximate surface area is 123 Å². The van der Waals surface area contributed by atoms with E-state index in [1.165, 1.54) is 12.0 Å². The molecule has 0 radical (unpaired) electrons. The van der Waals surface area contributed by atoms with Crippen LogP contribution in [-0.4, -0.2) is 48.9 Å². The van der Waals surface area contributed by atoms with Crippen molar-refractivity contribution in [3.8, 4) is 0 Å². The van der Waals surface area contributed by atoms with Crippen LogP contribution >= 0.6 is 0 Å². The first-order valence-corrected chi connectivity index (χ1v) is 6.79. The zero-order valence-corrected chi connectivity index (χ0v) is 11.9. The third-order valence-corrected chi connectivity index (χ3v) is 3.60. The molecule has 1 aromatic rings. The number of hydrogen-bond donors (Lipinski definition) is 1. The number of benzene rings is 1. The number of carbonyl (C=O) groups is 2. The van der Waals surface area contributed by atoms with E-state index in [-0.39, 0.29) is 19.1 Å². The molecule has 6 heteroatoms. The average molecular weight is 293 g/mol. The molecule has 2 rings (SSSR count). The third kappa shape index (κ3) is 3.95. The van der Waals surface area contributed by atoms with Gasteiger partial charge >= 0.3 is 12.1 Å². The molecule has 2 atom stereocenters. The lowest BCUT2D eigenvalue weighted by atomic mass is 9.97. The van der Waals surface area contributed by atoms with Gasteiger partial charge in [0.25, 0.3) is 0 Å². The van der Waals surface area contributed by atoms with Crippen LogP contribution in [0.2, 0.25) is 0 Å². The van der Waals surface area contributed by atoms with Gasteiger partial charge in [0.2, 0.25) is 0 Å². The van der Waals surface area contributed by atoms with Gasteiger partial charge in [-0.1, -0.05) is 30.3 Å². The molecule has 0 aromatic heterocycles. The number of rotatable bonds is 5. The van der Waals surface area contributed by atoms with Gasteiger partial charge in [-0.15, -0.1) is 0 Å². The maximum atomic E-state index is 12.0. The summed E-state index contributed by atoms with van der Waals surface area (Å²) in [5, 5.41) is 9.18. The topological polar surface area (TPSA) is 76.1 Å². The Kier molecular flexibility index (Phi) is 5.16. The molecule has 1 saturated heterocycles. The van der Waals surface area contributed by atoms with Crippen LogP contribution in [0.3, 0.4) is 0 Å². The normalized spacial score (nSPS) is 21.3. The van der Waals surface area contributed by atoms with Crippen molar-refractivity contribution in [1.29, 1.82) is 0 Å². The van der Waals surface area contributed by atoms with Crippen LogP contribution in [0.5, 0.6) is 0 Å². The Hall–Kier alpha value is -2.08. The zero-order valence-electron chi connectivity index (χ0n) is 11.9. The molecular weight excluding hydrogens is 274 g/mol. The Morgan fingerprint density at radius 3 is 2.62 bits per heavy atom. The minimum absolute atomic E-state index is 0.164. The largest absolute Gasteiger partial charge is 0.481 e. The summed E-state index contributed by atoms with van der Waals surface area (Å²) in [5.41, 5.74) is 0.897. The molecule has 1 N–H and O–H groups in total. The van der Waals surface area contributed by atoms with E-state index in [0.717, 1.165) is 5.56 Å². The number of carboxylic acid groups (broad SMARTS) is 1. The van der Waals surface area contributed by atoms with Crippen LogP contribution < -0.4 is 0 Å². The number of nitrogens with zero attached hydrogens (tertiary/aromatic N) is 1. The molecule has 6 nitrogen and oxygen atoms in total. The van der Waals surface area contributed by atoms with Gasteiger partial charge in [-0.3, -0.25) is 4.79 Å². The monoisotopic (exact) mass is 293 g/mol. The van der Waals surface area contributed by atoms with Gasteiger partial charge in [0.1, 0.15) is 6.61 Å². The predicted octanol–water partition coefficient (Wildman–Crippen LogP) is 1.60. The first-order valence-electron chi connectivity index (χ1n) is 6.79. The second-order valence-electron chi connectivity index (χ2n) is 5.11. The molecule has 114 valence electrons. The summed E-state index contributed by atoms with van der Waals surface area (Å²) in [4.78, 5) is 24.6. The third-order valence-electron chi connectivity index (χ3n) is 3.60. The Bertz CT molecular complexity index is 490. The van der Waals surface area contributed by atoms with Crippen molar-refractivity contribution >= 4 is 12.1 Å². The van der Waals surface area contributed by atoms with E-state index in [1.54, 1.807) is 0 Å². The molecule has 1 aromatic carbocycles. The Balaban J connectivity index is 1.89. The highest BCUT2D eigenvalue weighted by Crippen LogP contribution is 2.24. The van der Waals surface area contributed by atoms with E-state index >= 15 is 0 Å². The van der Waals surface area contributed by atoms with Crippen molar-refractivity contribution < 1.29 is 24.2 Å². The standard InChI is InChI=1S/C15H19NO5/c1-20-10-12-7-16(8-13(12)14(17)18)15(19)21-9-11-5-3-2-4-6-11/h2-6,12-13H,7-10H2,1H3,(H,17,18)/t12-,13+/m0/s1. The fourth-order valence-corrected chi connectivity index (χ4v) is 2.49. The van der Waals surface area contributed by atoms with Crippen LogP contribution in [0.15, 0.2) is 30.3 Å². The Morgan fingerprint density at radius 1 is 1.29 bits per heavy atom. The summed E-state index contributed by atoms with van der Waals surface area (Å²) in [6.07, 6.45) is -0.483. The lowest BCUT2D eigenvalue weighted by Crippen LogP contribution is -2.30. The summed E-state index contributed by atoms with van der Waals surface area (Å²) in [6, 6.07) is 9.36. The van der Waals surface area contributed by atoms with Crippen LogP contribution in [0, 0.1) is 11.8 Å². The molecule has 1 aliphatic rings. The smallest absolute Gasteiger partial charge is 0.410 e. The average Bonchev–Trinajstić information content (AvgIpc) is 2.90. The van der Waals surface area contributed by atoms with Crippen LogP contribution in [0.4, 0.5) is 4.79 Å². The predicted molar refractivity (Wildman–Crippen MR) is 74.7 cm³/mol. The molecule has 1 fully saturated rings. The van der Waals surface area contributed by atoms with E-state index in [2.05, 4.69) is 0 Å². The van der Waals surface area contributed by atoms with Gasteiger partial charge in [-0.25, -0.2) is 4.79 Å². The highest BCUT2D eigenvalue weighted by atomic mass is 16.6. The molecule has 1 amide bonds. The van der Waals surface area contributed by atoms with Gasteiger partial charge in [0.15, 0.2) is 0 Å². The number of ether oxygens (including phenoxy) is 2. The number of amides is 1. The van der Waals surface area contributed by atoms with Gasteiger partial charge < -0.3 is 19.5 Å². The summed E-state index contributed by atoms with van der Waals surface area (Å²) >= 11 is 0. The number of carboxylic acids is 1. The van der Waals surface area contributed by atoms with Crippen LogP contribution in [0.25, 0.3) is 0 Å². The molecular formula is C15H19NO5. The molecule has 1 aliphatic heterocycles. The number of methoxy groups -OCH3 is 1. The molecule has 0 spiro atoms. The van der Waals surface area contributed by atoms with Crippen molar-refractivity contribution in [2.24, 2.45) is 11.8 Å². The van der Waals surface area contributed by atoms with Gasteiger partial charge in [0.05, 0.1) is 12.5 Å². The molecule has 1 heterocycles. The summed E-state index contributed by atoms with van der Waals surface area (Å²) in [6.45, 7) is 1.01. The van der Waals surface area contributed by atoms with Crippen molar-refractivity contribution in [3.63, 3.8) is 0 Å². The fraction of sp³-hybridized carbons (Fsp3) is 0.467. The number of likely N-dealkylation sites (tertiary alicyclic amines) is 1. The van der Waals surface area contributed by atoms with Crippen molar-refractivity contribution in [1.82, 2.24) is 4.90 Å². The summed E-state index contributed by atoms with van der Waals surface area (Å²) < 4.78 is 10.2. The second kappa shape index (κ2) is 7.08. The maximum Gasteiger partial charge on any atom is 0.410 e. The van der Waals surface area contributed by atoms with Crippen LogP contribution in [0.1, 0.15) is 5.56 Å². The highest BCUT2D eigenvalue weighted by molar-refractivity contribution is 5.74. The van der Waals surface area contributed by atoms with E-state index in [1.807, 2.05) is 30.3 Å². The molecule has 21 heavy (non-hydrogen) atoms. The molecule has 0 aliphatic carbocycles. The van der Waals surface area contributed by atoms with Crippen LogP contribution in [-0.2, 0) is 20.9 Å². The van der Waals surface area contributed by atoms with E-state index < -0.39 is 18.0 Å². The lowest BCUT2D eigenvalue weighted by Gasteiger charge is -2.16. The summed E-state index contributed by atoms with van der Waals surface area (Å²) in [7, 11) is 1.52. The van der Waals surface area contributed by atoms with E-state index in [4.69, 9.17) is 9.47 Å². The quantitative estimate of drug-likeness (QED) is 0.892. The van der Waals surface area contributed by atoms with Gasteiger partial charge in [0, 0.05) is 26.1 Å². The van der Waals surface area contributed by atoms with Crippen molar-refractivity contribution in [2.45, 2.75) is 6.61 Å². The van der Waals surface area contributed by atoms with Crippen molar-refractivity contribution in [2.75, 3.05) is 26.8 Å². The minimum Gasteiger partial charge on any atom is -0.481 e. The van der Waals surface area contributed by atoms with Gasteiger partial charge in [-0.05, 0) is 5.56 Å². The Morgan fingerprint density at radius 2 is 2.00 bits per heavy atom. The summed E-state index contributed by atoms with van der Waals surface area (Å²) in [5.74, 6) is -1.71. The first kappa shape index (κ1) is 15.3. The lowest BCUT2D eigenvalue weighted by molar-refractivity contribution is -0.143. The number of carbonyl (C=O) groups excluding carboxylic acids is 1. The second-order valence-corrected chi connectivity index (χ2v) is 5.11. The van der Waals surface area contributed by atoms with Gasteiger partial charge in [-0.2, -0.15) is 0 Å². The fourth-order valence-electron chi connectivity index (χ4n) is 2.49. The SMILES string of the molecule is COC[C@@H]1CN(C(=O)OCc2ccccc2)C[C@H]1C(=O)O. The molecule has 0 saturated carbocycles. The zero-order chi connectivity index (χ0) is 15.2. The highest BCUT2D eigenvalue weighted by Gasteiger charge is 2.40.